The van der Waals surface area contributed by atoms with Crippen LogP contribution in [0.25, 0.3) is 0 Å². The fourth-order valence-corrected chi connectivity index (χ4v) is 2.15. The minimum Gasteiger partial charge on any atom is -0.457 e. The van der Waals surface area contributed by atoms with Crippen molar-refractivity contribution in [1.29, 1.82) is 0 Å². The molecule has 0 bridgehead atoms. The van der Waals surface area contributed by atoms with Crippen molar-refractivity contribution in [2.45, 2.75) is 19.8 Å². The van der Waals surface area contributed by atoms with Crippen LogP contribution >= 0.6 is 11.6 Å². The molecule has 2 rings (SSSR count). The first-order chi connectivity index (χ1) is 10.0. The number of ether oxygens (including phenoxy) is 1. The zero-order valence-corrected chi connectivity index (χ0v) is 12.6. The van der Waals surface area contributed by atoms with Crippen LogP contribution in [0.5, 0.6) is 11.5 Å². The van der Waals surface area contributed by atoms with Gasteiger partial charge < -0.3 is 15.7 Å². The van der Waals surface area contributed by atoms with Gasteiger partial charge in [-0.05, 0) is 35.7 Å². The maximum absolute atomic E-state index is 8.66. The largest absolute Gasteiger partial charge is 0.457 e. The monoisotopic (exact) mass is 304 g/mol. The number of rotatable bonds is 4. The average molecular weight is 305 g/mol. The van der Waals surface area contributed by atoms with Gasteiger partial charge in [0.2, 0.25) is 0 Å². The van der Waals surface area contributed by atoms with E-state index < -0.39 is 0 Å². The summed E-state index contributed by atoms with van der Waals surface area (Å²) >= 11 is 6.08. The van der Waals surface area contributed by atoms with E-state index in [0.717, 1.165) is 5.75 Å². The quantitative estimate of drug-likeness (QED) is 0.382. The Morgan fingerprint density at radius 1 is 1.14 bits per heavy atom. The van der Waals surface area contributed by atoms with Crippen LogP contribution in [0.4, 0.5) is 0 Å². The molecule has 4 nitrogen and oxygen atoms in total. The molecule has 0 radical (unpaired) electrons. The van der Waals surface area contributed by atoms with Crippen LogP contribution in [-0.4, -0.2) is 11.0 Å². The predicted octanol–water partition coefficient (Wildman–Crippen LogP) is 4.35. The van der Waals surface area contributed by atoms with Gasteiger partial charge in [-0.3, -0.25) is 0 Å². The van der Waals surface area contributed by atoms with Gasteiger partial charge in [0, 0.05) is 11.6 Å². The van der Waals surface area contributed by atoms with E-state index in [0.29, 0.717) is 22.3 Å². The molecule has 5 heteroatoms. The highest BCUT2D eigenvalue weighted by atomic mass is 35.5. The first kappa shape index (κ1) is 15.2. The fourth-order valence-electron chi connectivity index (χ4n) is 1.88. The van der Waals surface area contributed by atoms with E-state index in [1.165, 1.54) is 5.56 Å². The summed E-state index contributed by atoms with van der Waals surface area (Å²) in [5, 5.41) is 12.0. The Hall–Kier alpha value is -2.20. The van der Waals surface area contributed by atoms with Gasteiger partial charge in [0.05, 0.1) is 5.02 Å². The van der Waals surface area contributed by atoms with Gasteiger partial charge in [0.15, 0.2) is 5.84 Å². The predicted molar refractivity (Wildman–Crippen MR) is 84.6 cm³/mol. The molecule has 110 valence electrons. The molecule has 0 spiro atoms. The molecular weight excluding hydrogens is 288 g/mol. The third kappa shape index (κ3) is 3.67. The second kappa shape index (κ2) is 6.50. The van der Waals surface area contributed by atoms with Gasteiger partial charge in [0.25, 0.3) is 0 Å². The highest BCUT2D eigenvalue weighted by Gasteiger charge is 2.08. The maximum atomic E-state index is 8.66. The fraction of sp³-hybridized carbons (Fsp3) is 0.188. The van der Waals surface area contributed by atoms with E-state index in [1.807, 2.05) is 24.3 Å². The number of hydrogen-bond donors (Lipinski definition) is 2. The lowest BCUT2D eigenvalue weighted by Gasteiger charge is -2.10. The molecule has 2 aromatic rings. The topological polar surface area (TPSA) is 67.8 Å². The summed E-state index contributed by atoms with van der Waals surface area (Å²) in [6.07, 6.45) is 0. The van der Waals surface area contributed by atoms with Crippen molar-refractivity contribution in [3.05, 3.63) is 58.6 Å². The molecule has 0 saturated carbocycles. The van der Waals surface area contributed by atoms with Crippen LogP contribution in [0.3, 0.4) is 0 Å². The van der Waals surface area contributed by atoms with Crippen molar-refractivity contribution >= 4 is 17.4 Å². The summed E-state index contributed by atoms with van der Waals surface area (Å²) in [7, 11) is 0. The Morgan fingerprint density at radius 2 is 1.76 bits per heavy atom. The van der Waals surface area contributed by atoms with Crippen LogP contribution in [0.15, 0.2) is 47.6 Å². The molecule has 0 amide bonds. The molecule has 0 unspecified atom stereocenters. The summed E-state index contributed by atoms with van der Waals surface area (Å²) < 4.78 is 5.73. The summed E-state index contributed by atoms with van der Waals surface area (Å²) in [5.41, 5.74) is 7.23. The molecule has 0 aliphatic carbocycles. The number of hydrogen-bond acceptors (Lipinski definition) is 3. The zero-order valence-electron chi connectivity index (χ0n) is 11.9. The van der Waals surface area contributed by atoms with Crippen LogP contribution in [0.2, 0.25) is 5.02 Å². The summed E-state index contributed by atoms with van der Waals surface area (Å²) in [4.78, 5) is 0. The number of oxime groups is 1. The molecular formula is C16H17ClN2O2. The Kier molecular flexibility index (Phi) is 4.70. The van der Waals surface area contributed by atoms with E-state index in [9.17, 15) is 0 Å². The SMILES string of the molecule is CC(C)c1ccc(Oc2ccc(C(N)=NO)c(Cl)c2)cc1. The van der Waals surface area contributed by atoms with Gasteiger partial charge in [-0.15, -0.1) is 0 Å². The molecule has 3 N–H and O–H groups in total. The highest BCUT2D eigenvalue weighted by molar-refractivity contribution is 6.34. The second-order valence-electron chi connectivity index (χ2n) is 4.95. The minimum atomic E-state index is -0.0344. The average Bonchev–Trinajstić information content (AvgIpc) is 2.47. The van der Waals surface area contributed by atoms with E-state index in [1.54, 1.807) is 18.2 Å². The van der Waals surface area contributed by atoms with Crippen molar-refractivity contribution in [3.8, 4) is 11.5 Å². The van der Waals surface area contributed by atoms with Gasteiger partial charge in [0.1, 0.15) is 11.5 Å². The first-order valence-electron chi connectivity index (χ1n) is 6.56. The van der Waals surface area contributed by atoms with Gasteiger partial charge in [-0.2, -0.15) is 0 Å². The lowest BCUT2D eigenvalue weighted by Crippen LogP contribution is -2.13. The second-order valence-corrected chi connectivity index (χ2v) is 5.36. The Bertz CT molecular complexity index is 652. The molecule has 21 heavy (non-hydrogen) atoms. The molecule has 2 aromatic carbocycles. The van der Waals surface area contributed by atoms with Crippen LogP contribution < -0.4 is 10.5 Å². The Morgan fingerprint density at radius 3 is 2.29 bits per heavy atom. The van der Waals surface area contributed by atoms with Gasteiger partial charge in [-0.25, -0.2) is 0 Å². The van der Waals surface area contributed by atoms with E-state index >= 15 is 0 Å². The molecule has 0 heterocycles. The van der Waals surface area contributed by atoms with E-state index in [-0.39, 0.29) is 5.84 Å². The molecule has 0 atom stereocenters. The van der Waals surface area contributed by atoms with Crippen molar-refractivity contribution in [2.75, 3.05) is 0 Å². The molecule has 0 fully saturated rings. The lowest BCUT2D eigenvalue weighted by atomic mass is 10.0. The molecule has 0 aliphatic rings. The van der Waals surface area contributed by atoms with Gasteiger partial charge >= 0.3 is 0 Å². The number of nitrogens with two attached hydrogens (primary N) is 1. The van der Waals surface area contributed by atoms with E-state index in [4.69, 9.17) is 27.3 Å². The smallest absolute Gasteiger partial charge is 0.171 e. The Balaban J connectivity index is 2.18. The third-order valence-electron chi connectivity index (χ3n) is 3.11. The lowest BCUT2D eigenvalue weighted by molar-refractivity contribution is 0.318. The highest BCUT2D eigenvalue weighted by Crippen LogP contribution is 2.27. The van der Waals surface area contributed by atoms with Crippen LogP contribution in [0, 0.1) is 0 Å². The number of amidine groups is 1. The summed E-state index contributed by atoms with van der Waals surface area (Å²) in [6, 6.07) is 12.9. The van der Waals surface area contributed by atoms with Crippen LogP contribution in [0.1, 0.15) is 30.9 Å². The minimum absolute atomic E-state index is 0.0344. The number of halogens is 1. The third-order valence-corrected chi connectivity index (χ3v) is 3.42. The van der Waals surface area contributed by atoms with Crippen molar-refractivity contribution in [3.63, 3.8) is 0 Å². The molecule has 0 aliphatic heterocycles. The van der Waals surface area contributed by atoms with Crippen molar-refractivity contribution < 1.29 is 9.94 Å². The molecule has 0 saturated heterocycles. The zero-order chi connectivity index (χ0) is 15.4. The number of benzene rings is 2. The van der Waals surface area contributed by atoms with Crippen molar-refractivity contribution in [2.24, 2.45) is 10.9 Å². The standard InChI is InChI=1S/C16H17ClN2O2/c1-10(2)11-3-5-12(6-4-11)21-13-7-8-14(15(17)9-13)16(18)19-20/h3-10,20H,1-2H3,(H2,18,19). The molecule has 0 aromatic heterocycles. The normalized spacial score (nSPS) is 11.7. The van der Waals surface area contributed by atoms with Gasteiger partial charge in [-0.1, -0.05) is 42.7 Å². The van der Waals surface area contributed by atoms with Crippen molar-refractivity contribution in [1.82, 2.24) is 0 Å². The van der Waals surface area contributed by atoms with Crippen LogP contribution in [-0.2, 0) is 0 Å². The maximum Gasteiger partial charge on any atom is 0.171 e. The Labute approximate surface area is 128 Å². The number of nitrogens with zero attached hydrogens (tertiary/aromatic N) is 1. The summed E-state index contributed by atoms with van der Waals surface area (Å²) in [5.74, 6) is 1.76. The van der Waals surface area contributed by atoms with E-state index in [2.05, 4.69) is 19.0 Å². The first-order valence-corrected chi connectivity index (χ1v) is 6.94. The summed E-state index contributed by atoms with van der Waals surface area (Å²) in [6.45, 7) is 4.28.